The Labute approximate surface area is 173 Å². The topological polar surface area (TPSA) is 57.3 Å². The number of hydrogen-bond acceptors (Lipinski definition) is 5. The third-order valence-electron chi connectivity index (χ3n) is 5.78. The first kappa shape index (κ1) is 23.6. The van der Waals surface area contributed by atoms with Crippen LogP contribution in [0.25, 0.3) is 0 Å². The maximum Gasteiger partial charge on any atom is 0.228 e. The van der Waals surface area contributed by atoms with Crippen molar-refractivity contribution < 1.29 is 4.79 Å². The van der Waals surface area contributed by atoms with Gasteiger partial charge in [-0.3, -0.25) is 4.79 Å². The molecule has 2 aliphatic rings. The summed E-state index contributed by atoms with van der Waals surface area (Å²) < 4.78 is 0. The molecular weight excluding hydrogens is 391 g/mol. The standard InChI is InChI=1S/C18H30N4OS.2ClH/c1-3-22(4-2)9-5-8-19-17(23)18(11-15-12-24-13-20-15)10-14-6-7-16(18)21-14;;/h12-14,16,21H,3-11H2,1-2H3,(H,19,23);2*1H/t14-,16+,18-;;/m0../s1. The second-order valence-electron chi connectivity index (χ2n) is 7.15. The van der Waals surface area contributed by atoms with E-state index in [2.05, 4.69) is 39.7 Å². The molecule has 2 bridgehead atoms. The van der Waals surface area contributed by atoms with Crippen molar-refractivity contribution in [2.45, 2.75) is 58.0 Å². The summed E-state index contributed by atoms with van der Waals surface area (Å²) in [6, 6.07) is 0.821. The number of hydrogen-bond donors (Lipinski definition) is 2. The van der Waals surface area contributed by atoms with Crippen LogP contribution in [0.1, 0.15) is 45.2 Å². The Morgan fingerprint density at radius 2 is 2.15 bits per heavy atom. The molecule has 0 spiro atoms. The summed E-state index contributed by atoms with van der Waals surface area (Å²) in [5, 5.41) is 8.97. The number of aromatic nitrogens is 1. The highest BCUT2D eigenvalue weighted by Crippen LogP contribution is 2.45. The minimum absolute atomic E-state index is 0. The molecule has 2 N–H and O–H groups in total. The maximum absolute atomic E-state index is 13.1. The van der Waals surface area contributed by atoms with Gasteiger partial charge in [0.2, 0.25) is 5.91 Å². The van der Waals surface area contributed by atoms with Crippen LogP contribution in [0, 0.1) is 5.41 Å². The van der Waals surface area contributed by atoms with Gasteiger partial charge in [0, 0.05) is 30.4 Å². The average Bonchev–Trinajstić information content (AvgIpc) is 3.32. The highest BCUT2D eigenvalue weighted by atomic mass is 35.5. The predicted octanol–water partition coefficient (Wildman–Crippen LogP) is 2.89. The van der Waals surface area contributed by atoms with Gasteiger partial charge in [-0.05, 0) is 45.3 Å². The second kappa shape index (κ2) is 10.8. The molecular formula is C18H32Cl2N4OS. The minimum Gasteiger partial charge on any atom is -0.356 e. The SMILES string of the molecule is CCN(CC)CCCNC(=O)[C@]1(Cc2cscn2)C[C@@H]2CC[C@H]1N2.Cl.Cl. The molecule has 3 heterocycles. The monoisotopic (exact) mass is 422 g/mol. The first-order valence-corrected chi connectivity index (χ1v) is 10.3. The van der Waals surface area contributed by atoms with E-state index in [1.54, 1.807) is 11.3 Å². The largest absolute Gasteiger partial charge is 0.356 e. The Kier molecular flexibility index (Phi) is 9.83. The summed E-state index contributed by atoms with van der Waals surface area (Å²) in [7, 11) is 0. The van der Waals surface area contributed by atoms with Gasteiger partial charge >= 0.3 is 0 Å². The molecule has 2 fully saturated rings. The fourth-order valence-corrected chi connectivity index (χ4v) is 4.95. The molecule has 8 heteroatoms. The normalized spacial score (nSPS) is 26.4. The van der Waals surface area contributed by atoms with E-state index in [4.69, 9.17) is 0 Å². The second-order valence-corrected chi connectivity index (χ2v) is 7.87. The van der Waals surface area contributed by atoms with Gasteiger partial charge in [-0.2, -0.15) is 0 Å². The number of carbonyl (C=O) groups is 1. The Balaban J connectivity index is 0.00000169. The molecule has 1 amide bonds. The van der Waals surface area contributed by atoms with Gasteiger partial charge in [0.25, 0.3) is 0 Å². The number of nitrogens with one attached hydrogen (secondary N) is 2. The summed E-state index contributed by atoms with van der Waals surface area (Å²) >= 11 is 1.61. The van der Waals surface area contributed by atoms with Gasteiger partial charge in [-0.1, -0.05) is 13.8 Å². The lowest BCUT2D eigenvalue weighted by molar-refractivity contribution is -0.132. The van der Waals surface area contributed by atoms with Crippen molar-refractivity contribution >= 4 is 42.1 Å². The lowest BCUT2D eigenvalue weighted by Crippen LogP contribution is -2.50. The van der Waals surface area contributed by atoms with Crippen LogP contribution in [0.2, 0.25) is 0 Å². The molecule has 0 saturated carbocycles. The number of rotatable bonds is 9. The number of thiazole rings is 1. The third kappa shape index (κ3) is 5.10. The van der Waals surface area contributed by atoms with Crippen molar-refractivity contribution in [3.05, 3.63) is 16.6 Å². The van der Waals surface area contributed by atoms with E-state index in [9.17, 15) is 4.79 Å². The van der Waals surface area contributed by atoms with Gasteiger partial charge in [-0.15, -0.1) is 36.2 Å². The highest BCUT2D eigenvalue weighted by molar-refractivity contribution is 7.07. The Morgan fingerprint density at radius 3 is 2.69 bits per heavy atom. The van der Waals surface area contributed by atoms with Gasteiger partial charge in [0.1, 0.15) is 0 Å². The van der Waals surface area contributed by atoms with Crippen molar-refractivity contribution in [3.63, 3.8) is 0 Å². The molecule has 0 radical (unpaired) electrons. The van der Waals surface area contributed by atoms with Crippen LogP contribution in [0.5, 0.6) is 0 Å². The van der Waals surface area contributed by atoms with Gasteiger partial charge in [0.15, 0.2) is 0 Å². The van der Waals surface area contributed by atoms with Crippen molar-refractivity contribution in [1.29, 1.82) is 0 Å². The molecule has 0 aromatic carbocycles. The van der Waals surface area contributed by atoms with E-state index in [0.717, 1.165) is 57.6 Å². The summed E-state index contributed by atoms with van der Waals surface area (Å²) in [5.74, 6) is 0.231. The van der Waals surface area contributed by atoms with Crippen molar-refractivity contribution in [2.75, 3.05) is 26.2 Å². The number of halogens is 2. The van der Waals surface area contributed by atoms with Gasteiger partial charge in [-0.25, -0.2) is 4.98 Å². The van der Waals surface area contributed by atoms with Gasteiger partial charge in [0.05, 0.1) is 16.6 Å². The fraction of sp³-hybridized carbons (Fsp3) is 0.778. The maximum atomic E-state index is 13.1. The molecule has 150 valence electrons. The lowest BCUT2D eigenvalue weighted by atomic mass is 9.70. The molecule has 26 heavy (non-hydrogen) atoms. The van der Waals surface area contributed by atoms with E-state index >= 15 is 0 Å². The lowest BCUT2D eigenvalue weighted by Gasteiger charge is -2.34. The van der Waals surface area contributed by atoms with Crippen LogP contribution in [-0.2, 0) is 11.2 Å². The van der Waals surface area contributed by atoms with Crippen molar-refractivity contribution in [3.8, 4) is 0 Å². The summed E-state index contributed by atoms with van der Waals surface area (Å²) in [6.07, 6.45) is 5.06. The van der Waals surface area contributed by atoms with Crippen LogP contribution in [0.15, 0.2) is 10.9 Å². The van der Waals surface area contributed by atoms with Crippen LogP contribution < -0.4 is 10.6 Å². The summed E-state index contributed by atoms with van der Waals surface area (Å²) in [6.45, 7) is 8.34. The zero-order valence-corrected chi connectivity index (χ0v) is 18.2. The molecule has 0 aliphatic carbocycles. The summed E-state index contributed by atoms with van der Waals surface area (Å²) in [5.41, 5.74) is 2.63. The average molecular weight is 423 g/mol. The number of amides is 1. The molecule has 2 aliphatic heterocycles. The van der Waals surface area contributed by atoms with E-state index < -0.39 is 0 Å². The fourth-order valence-electron chi connectivity index (χ4n) is 4.39. The Hall–Kier alpha value is -0.400. The zero-order valence-electron chi connectivity index (χ0n) is 15.7. The van der Waals surface area contributed by atoms with Gasteiger partial charge < -0.3 is 15.5 Å². The smallest absolute Gasteiger partial charge is 0.228 e. The third-order valence-corrected chi connectivity index (χ3v) is 6.42. The molecule has 1 aromatic heterocycles. The van der Waals surface area contributed by atoms with Crippen LogP contribution in [0.3, 0.4) is 0 Å². The molecule has 0 unspecified atom stereocenters. The predicted molar refractivity (Wildman–Crippen MR) is 113 cm³/mol. The van der Waals surface area contributed by atoms with Crippen molar-refractivity contribution in [1.82, 2.24) is 20.5 Å². The first-order valence-electron chi connectivity index (χ1n) is 9.31. The molecule has 3 rings (SSSR count). The van der Waals surface area contributed by atoms with Crippen LogP contribution in [-0.4, -0.2) is 54.1 Å². The molecule has 2 saturated heterocycles. The highest BCUT2D eigenvalue weighted by Gasteiger charge is 2.55. The number of nitrogens with zero attached hydrogens (tertiary/aromatic N) is 2. The van der Waals surface area contributed by atoms with Crippen LogP contribution in [0.4, 0.5) is 0 Å². The molecule has 3 atom stereocenters. The molecule has 5 nitrogen and oxygen atoms in total. The molecule has 1 aromatic rings. The van der Waals surface area contributed by atoms with E-state index in [0.29, 0.717) is 12.1 Å². The number of fused-ring (bicyclic) bond motifs is 2. The quantitative estimate of drug-likeness (QED) is 0.600. The van der Waals surface area contributed by atoms with Crippen LogP contribution >= 0.6 is 36.2 Å². The van der Waals surface area contributed by atoms with E-state index in [1.807, 2.05) is 5.51 Å². The number of carbonyl (C=O) groups excluding carboxylic acids is 1. The zero-order chi connectivity index (χ0) is 17.0. The Morgan fingerprint density at radius 1 is 1.38 bits per heavy atom. The van der Waals surface area contributed by atoms with Crippen molar-refractivity contribution in [2.24, 2.45) is 5.41 Å². The Bertz CT molecular complexity index is 541. The van der Waals surface area contributed by atoms with E-state index in [-0.39, 0.29) is 36.1 Å². The first-order chi connectivity index (χ1) is 11.7. The minimum atomic E-state index is -0.299. The summed E-state index contributed by atoms with van der Waals surface area (Å²) in [4.78, 5) is 19.9. The van der Waals surface area contributed by atoms with E-state index in [1.165, 1.54) is 6.42 Å².